The van der Waals surface area contributed by atoms with E-state index in [9.17, 15) is 9.59 Å². The number of piperazine rings is 1. The number of carbonyl (C=O) groups is 2. The van der Waals surface area contributed by atoms with Gasteiger partial charge in [-0.3, -0.25) is 9.59 Å². The molecule has 84 valence electrons. The topological polar surface area (TPSA) is 49.4 Å². The van der Waals surface area contributed by atoms with Crippen LogP contribution in [0.2, 0.25) is 0 Å². The Bertz CT molecular complexity index is 283. The third-order valence-corrected chi connectivity index (χ3v) is 3.71. The normalized spacial score (nSPS) is 30.3. The van der Waals surface area contributed by atoms with E-state index in [0.717, 1.165) is 31.6 Å². The van der Waals surface area contributed by atoms with Crippen LogP contribution in [0.25, 0.3) is 0 Å². The highest BCUT2D eigenvalue weighted by atomic mass is 32.2. The fraction of sp³-hybridized carbons (Fsp3) is 0.800. The third kappa shape index (κ3) is 1.97. The van der Waals surface area contributed by atoms with Gasteiger partial charge >= 0.3 is 0 Å². The van der Waals surface area contributed by atoms with E-state index in [1.54, 1.807) is 16.7 Å². The number of amides is 2. The lowest BCUT2D eigenvalue weighted by atomic mass is 10.1. The van der Waals surface area contributed by atoms with E-state index in [2.05, 4.69) is 5.32 Å². The van der Waals surface area contributed by atoms with Gasteiger partial charge in [0.1, 0.15) is 12.1 Å². The van der Waals surface area contributed by atoms with Crippen molar-refractivity contribution in [3.8, 4) is 0 Å². The van der Waals surface area contributed by atoms with Crippen LogP contribution in [-0.2, 0) is 9.59 Å². The zero-order chi connectivity index (χ0) is 10.8. The molecule has 0 aliphatic carbocycles. The molecule has 2 aliphatic heterocycles. The highest BCUT2D eigenvalue weighted by molar-refractivity contribution is 7.98. The minimum absolute atomic E-state index is 0.0400. The van der Waals surface area contributed by atoms with Crippen LogP contribution in [0.4, 0.5) is 0 Å². The van der Waals surface area contributed by atoms with Crippen molar-refractivity contribution in [2.24, 2.45) is 0 Å². The molecule has 2 rings (SSSR count). The lowest BCUT2D eigenvalue weighted by molar-refractivity contribution is -0.147. The van der Waals surface area contributed by atoms with E-state index in [1.165, 1.54) is 0 Å². The van der Waals surface area contributed by atoms with Gasteiger partial charge in [-0.25, -0.2) is 0 Å². The van der Waals surface area contributed by atoms with Gasteiger partial charge in [-0.15, -0.1) is 0 Å². The van der Waals surface area contributed by atoms with Crippen molar-refractivity contribution >= 4 is 23.6 Å². The smallest absolute Gasteiger partial charge is 0.245 e. The molecular formula is C10H16N2O2S. The molecule has 2 saturated heterocycles. The summed E-state index contributed by atoms with van der Waals surface area (Å²) in [6.07, 6.45) is 4.54. The zero-order valence-electron chi connectivity index (χ0n) is 8.86. The molecule has 0 aromatic heterocycles. The van der Waals surface area contributed by atoms with Crippen LogP contribution in [0.1, 0.15) is 19.3 Å². The highest BCUT2D eigenvalue weighted by Gasteiger charge is 2.42. The van der Waals surface area contributed by atoms with E-state index in [4.69, 9.17) is 0 Å². The Morgan fingerprint density at radius 1 is 1.53 bits per heavy atom. The van der Waals surface area contributed by atoms with Gasteiger partial charge in [0.15, 0.2) is 0 Å². The molecule has 1 N–H and O–H groups in total. The second-order valence-electron chi connectivity index (χ2n) is 4.03. The Hall–Kier alpha value is -0.710. The summed E-state index contributed by atoms with van der Waals surface area (Å²) in [4.78, 5) is 25.4. The summed E-state index contributed by atoms with van der Waals surface area (Å²) in [6.45, 7) is 0.757. The largest absolute Gasteiger partial charge is 0.342 e. The van der Waals surface area contributed by atoms with Crippen LogP contribution < -0.4 is 5.32 Å². The molecule has 0 saturated carbocycles. The minimum atomic E-state index is -0.278. The first-order valence-corrected chi connectivity index (χ1v) is 6.73. The van der Waals surface area contributed by atoms with Gasteiger partial charge in [0.25, 0.3) is 0 Å². The molecule has 0 bridgehead atoms. The highest BCUT2D eigenvalue weighted by Crippen LogP contribution is 2.23. The molecule has 4 nitrogen and oxygen atoms in total. The maximum Gasteiger partial charge on any atom is 0.245 e. The molecular weight excluding hydrogens is 212 g/mol. The van der Waals surface area contributed by atoms with Gasteiger partial charge in [-0.05, 0) is 31.3 Å². The van der Waals surface area contributed by atoms with E-state index in [0.29, 0.717) is 0 Å². The maximum atomic E-state index is 12.0. The summed E-state index contributed by atoms with van der Waals surface area (Å²) in [5.74, 6) is 1.07. The van der Waals surface area contributed by atoms with Crippen LogP contribution >= 0.6 is 11.8 Å². The van der Waals surface area contributed by atoms with E-state index in [-0.39, 0.29) is 23.9 Å². The number of fused-ring (bicyclic) bond motifs is 1. The van der Waals surface area contributed by atoms with Crippen molar-refractivity contribution in [2.75, 3.05) is 18.6 Å². The van der Waals surface area contributed by atoms with Crippen molar-refractivity contribution in [2.45, 2.75) is 31.3 Å². The summed E-state index contributed by atoms with van der Waals surface area (Å²) in [5.41, 5.74) is 0. The Kier molecular flexibility index (Phi) is 3.19. The molecule has 2 aliphatic rings. The van der Waals surface area contributed by atoms with Crippen LogP contribution in [-0.4, -0.2) is 47.4 Å². The first-order chi connectivity index (χ1) is 7.24. The van der Waals surface area contributed by atoms with Crippen LogP contribution in [0, 0.1) is 0 Å². The zero-order valence-corrected chi connectivity index (χ0v) is 9.68. The minimum Gasteiger partial charge on any atom is -0.342 e. The van der Waals surface area contributed by atoms with Crippen molar-refractivity contribution in [1.82, 2.24) is 10.2 Å². The van der Waals surface area contributed by atoms with E-state index >= 15 is 0 Å². The van der Waals surface area contributed by atoms with Crippen molar-refractivity contribution in [1.29, 1.82) is 0 Å². The molecule has 0 unspecified atom stereocenters. The molecule has 2 atom stereocenters. The van der Waals surface area contributed by atoms with Gasteiger partial charge in [-0.2, -0.15) is 11.8 Å². The lowest BCUT2D eigenvalue weighted by Gasteiger charge is -2.34. The fourth-order valence-electron chi connectivity index (χ4n) is 2.26. The first-order valence-electron chi connectivity index (χ1n) is 5.34. The van der Waals surface area contributed by atoms with Gasteiger partial charge in [-0.1, -0.05) is 0 Å². The summed E-state index contributed by atoms with van der Waals surface area (Å²) >= 11 is 1.70. The lowest BCUT2D eigenvalue weighted by Crippen LogP contribution is -2.61. The van der Waals surface area contributed by atoms with Crippen molar-refractivity contribution in [3.63, 3.8) is 0 Å². The van der Waals surface area contributed by atoms with Gasteiger partial charge < -0.3 is 10.2 Å². The second kappa shape index (κ2) is 4.43. The maximum absolute atomic E-state index is 12.0. The quantitative estimate of drug-likeness (QED) is 0.752. The summed E-state index contributed by atoms with van der Waals surface area (Å²) < 4.78 is 0. The fourth-order valence-corrected chi connectivity index (χ4v) is 2.74. The number of nitrogens with zero attached hydrogens (tertiary/aromatic N) is 1. The van der Waals surface area contributed by atoms with Gasteiger partial charge in [0.05, 0.1) is 0 Å². The molecule has 2 amide bonds. The summed E-state index contributed by atoms with van der Waals surface area (Å²) in [6, 6.07) is -0.456. The Morgan fingerprint density at radius 2 is 2.33 bits per heavy atom. The number of rotatable bonds is 3. The second-order valence-corrected chi connectivity index (χ2v) is 5.02. The number of hydrogen-bond donors (Lipinski definition) is 1. The SMILES string of the molecule is CSCC[C@H]1NC(=O)[C@@H]2CCCN2C1=O. The average molecular weight is 228 g/mol. The predicted molar refractivity (Wildman–Crippen MR) is 59.7 cm³/mol. The Morgan fingerprint density at radius 3 is 3.07 bits per heavy atom. The molecule has 15 heavy (non-hydrogen) atoms. The molecule has 0 radical (unpaired) electrons. The molecule has 0 aromatic carbocycles. The van der Waals surface area contributed by atoms with Gasteiger partial charge in [0, 0.05) is 6.54 Å². The molecule has 0 aromatic rings. The Labute approximate surface area is 93.8 Å². The van der Waals surface area contributed by atoms with Gasteiger partial charge in [0.2, 0.25) is 11.8 Å². The first kappa shape index (κ1) is 10.8. The molecule has 0 spiro atoms. The average Bonchev–Trinajstić information content (AvgIpc) is 2.70. The van der Waals surface area contributed by atoms with Crippen molar-refractivity contribution in [3.05, 3.63) is 0 Å². The predicted octanol–water partition coefficient (Wildman–Crippen LogP) is 0.229. The number of carbonyl (C=O) groups excluding carboxylic acids is 2. The van der Waals surface area contributed by atoms with E-state index in [1.807, 2.05) is 6.26 Å². The summed E-state index contributed by atoms with van der Waals surface area (Å²) in [7, 11) is 0. The Balaban J connectivity index is 2.03. The summed E-state index contributed by atoms with van der Waals surface area (Å²) in [5, 5.41) is 2.83. The standard InChI is InChI=1S/C10H16N2O2S/c1-15-6-4-7-10(14)12-5-2-3-8(12)9(13)11-7/h7-8H,2-6H2,1H3,(H,11,13)/t7-,8+/m1/s1. The molecule has 2 heterocycles. The monoisotopic (exact) mass is 228 g/mol. The number of hydrogen-bond acceptors (Lipinski definition) is 3. The number of nitrogens with one attached hydrogen (secondary N) is 1. The van der Waals surface area contributed by atoms with Crippen molar-refractivity contribution < 1.29 is 9.59 Å². The number of thioether (sulfide) groups is 1. The third-order valence-electron chi connectivity index (χ3n) is 3.06. The molecule has 5 heteroatoms. The van der Waals surface area contributed by atoms with Crippen LogP contribution in [0.5, 0.6) is 0 Å². The van der Waals surface area contributed by atoms with Crippen LogP contribution in [0.15, 0.2) is 0 Å². The van der Waals surface area contributed by atoms with Crippen LogP contribution in [0.3, 0.4) is 0 Å². The molecule has 2 fully saturated rings. The van der Waals surface area contributed by atoms with E-state index < -0.39 is 0 Å².